The Bertz CT molecular complexity index is 814. The van der Waals surface area contributed by atoms with Crippen molar-refractivity contribution in [2.45, 2.75) is 43.3 Å². The van der Waals surface area contributed by atoms with Crippen LogP contribution < -0.4 is 10.6 Å². The molecule has 2 amide bonds. The second kappa shape index (κ2) is 10.6. The molecule has 0 aliphatic heterocycles. The fraction of sp³-hybridized carbons (Fsp3) is 0.300. The molecule has 27 heavy (non-hydrogen) atoms. The third-order valence-corrected chi connectivity index (χ3v) is 5.92. The molecule has 0 aliphatic carbocycles. The number of hydrogen-bond acceptors (Lipinski definition) is 3. The van der Waals surface area contributed by atoms with Crippen LogP contribution in [0.15, 0.2) is 47.4 Å². The number of benzene rings is 2. The zero-order valence-electron chi connectivity index (χ0n) is 15.2. The minimum absolute atomic E-state index is 0.0139. The second-order valence-electron chi connectivity index (χ2n) is 5.93. The molecule has 2 aromatic carbocycles. The summed E-state index contributed by atoms with van der Waals surface area (Å²) in [5, 5.41) is 6.13. The van der Waals surface area contributed by atoms with Gasteiger partial charge in [0, 0.05) is 17.0 Å². The molecule has 7 heteroatoms. The van der Waals surface area contributed by atoms with E-state index in [1.807, 2.05) is 38.1 Å². The summed E-state index contributed by atoms with van der Waals surface area (Å²) in [6, 6.07) is 12.6. The molecule has 1 atom stereocenters. The van der Waals surface area contributed by atoms with E-state index in [1.54, 1.807) is 18.2 Å². The van der Waals surface area contributed by atoms with Crippen molar-refractivity contribution in [2.75, 3.05) is 10.6 Å². The molecule has 0 saturated carbocycles. The molecule has 2 N–H and O–H groups in total. The second-order valence-corrected chi connectivity index (χ2v) is 7.99. The van der Waals surface area contributed by atoms with Gasteiger partial charge in [-0.1, -0.05) is 49.2 Å². The van der Waals surface area contributed by atoms with Crippen molar-refractivity contribution in [3.05, 3.63) is 52.5 Å². The fourth-order valence-corrected chi connectivity index (χ4v) is 3.76. The van der Waals surface area contributed by atoms with E-state index in [0.29, 0.717) is 28.6 Å². The van der Waals surface area contributed by atoms with Gasteiger partial charge in [0.2, 0.25) is 11.8 Å². The number of rotatable bonds is 8. The third kappa shape index (κ3) is 6.45. The topological polar surface area (TPSA) is 58.2 Å². The van der Waals surface area contributed by atoms with Crippen LogP contribution in [0.5, 0.6) is 0 Å². The van der Waals surface area contributed by atoms with E-state index in [2.05, 4.69) is 10.6 Å². The van der Waals surface area contributed by atoms with Gasteiger partial charge in [-0.05, 0) is 43.2 Å². The van der Waals surface area contributed by atoms with Crippen LogP contribution in [-0.2, 0) is 9.59 Å². The van der Waals surface area contributed by atoms with Crippen LogP contribution in [0.3, 0.4) is 0 Å². The lowest BCUT2D eigenvalue weighted by Gasteiger charge is -2.16. The van der Waals surface area contributed by atoms with E-state index in [9.17, 15) is 9.59 Å². The Labute approximate surface area is 174 Å². The van der Waals surface area contributed by atoms with Gasteiger partial charge in [0.25, 0.3) is 0 Å². The van der Waals surface area contributed by atoms with E-state index in [0.717, 1.165) is 17.0 Å². The lowest BCUT2D eigenvalue weighted by Crippen LogP contribution is -2.24. The summed E-state index contributed by atoms with van der Waals surface area (Å²) in [6.45, 7) is 3.91. The summed E-state index contributed by atoms with van der Waals surface area (Å²) >= 11 is 13.6. The zero-order valence-corrected chi connectivity index (χ0v) is 17.5. The van der Waals surface area contributed by atoms with Crippen molar-refractivity contribution in [1.82, 2.24) is 0 Å². The summed E-state index contributed by atoms with van der Waals surface area (Å²) in [6.07, 6.45) is 1.92. The maximum atomic E-state index is 12.7. The summed E-state index contributed by atoms with van der Waals surface area (Å²) in [5.74, 6) is -0.160. The molecule has 1 unspecified atom stereocenters. The highest BCUT2D eigenvalue weighted by Crippen LogP contribution is 2.32. The van der Waals surface area contributed by atoms with E-state index < -0.39 is 0 Å². The predicted octanol–water partition coefficient (Wildman–Crippen LogP) is 6.24. The van der Waals surface area contributed by atoms with Gasteiger partial charge in [-0.25, -0.2) is 0 Å². The summed E-state index contributed by atoms with van der Waals surface area (Å²) < 4.78 is 0. The molecule has 0 aromatic heterocycles. The molecule has 0 fully saturated rings. The first-order valence-electron chi connectivity index (χ1n) is 8.76. The molecule has 144 valence electrons. The average Bonchev–Trinajstić information content (AvgIpc) is 2.64. The highest BCUT2D eigenvalue weighted by atomic mass is 35.5. The molecule has 2 rings (SSSR count). The number of thioether (sulfide) groups is 1. The predicted molar refractivity (Wildman–Crippen MR) is 115 cm³/mol. The summed E-state index contributed by atoms with van der Waals surface area (Å²) in [4.78, 5) is 25.3. The fourth-order valence-electron chi connectivity index (χ4n) is 2.40. The van der Waals surface area contributed by atoms with Crippen molar-refractivity contribution >= 4 is 58.2 Å². The number of hydrogen-bond donors (Lipinski definition) is 2. The number of carbonyl (C=O) groups is 2. The Morgan fingerprint density at radius 3 is 2.52 bits per heavy atom. The largest absolute Gasteiger partial charge is 0.326 e. The van der Waals surface area contributed by atoms with Crippen molar-refractivity contribution in [1.29, 1.82) is 0 Å². The maximum absolute atomic E-state index is 12.7. The summed E-state index contributed by atoms with van der Waals surface area (Å²) in [5.41, 5.74) is 1.22. The monoisotopic (exact) mass is 424 g/mol. The molecule has 0 bridgehead atoms. The van der Waals surface area contributed by atoms with Crippen molar-refractivity contribution in [3.8, 4) is 0 Å². The normalized spacial score (nSPS) is 11.7. The third-order valence-electron chi connectivity index (χ3n) is 3.75. The van der Waals surface area contributed by atoms with E-state index in [4.69, 9.17) is 23.2 Å². The number of anilines is 2. The Kier molecular flexibility index (Phi) is 8.48. The van der Waals surface area contributed by atoms with Gasteiger partial charge in [0.15, 0.2) is 0 Å². The molecule has 0 aliphatic rings. The van der Waals surface area contributed by atoms with Gasteiger partial charge in [-0.15, -0.1) is 11.8 Å². The zero-order chi connectivity index (χ0) is 19.8. The summed E-state index contributed by atoms with van der Waals surface area (Å²) in [7, 11) is 0. The molecule has 0 saturated heterocycles. The number of halogens is 2. The SMILES string of the molecule is CCCC(=O)Nc1cccc(SC(CC)C(=O)Nc2cccc(Cl)c2Cl)c1. The molecule has 0 heterocycles. The van der Waals surface area contributed by atoms with Crippen molar-refractivity contribution in [3.63, 3.8) is 0 Å². The van der Waals surface area contributed by atoms with Crippen LogP contribution in [0.25, 0.3) is 0 Å². The van der Waals surface area contributed by atoms with Crippen LogP contribution in [0.4, 0.5) is 11.4 Å². The molecular formula is C20H22Cl2N2O2S. The van der Waals surface area contributed by atoms with Gasteiger partial charge < -0.3 is 10.6 Å². The van der Waals surface area contributed by atoms with Gasteiger partial charge in [0.05, 0.1) is 21.0 Å². The smallest absolute Gasteiger partial charge is 0.237 e. The first kappa shape index (κ1) is 21.6. The highest BCUT2D eigenvalue weighted by Gasteiger charge is 2.19. The van der Waals surface area contributed by atoms with Crippen LogP contribution in [-0.4, -0.2) is 17.1 Å². The quantitative estimate of drug-likeness (QED) is 0.492. The standard InChI is InChI=1S/C20H22Cl2N2O2S/c1-3-7-18(25)23-13-8-5-9-14(12-13)27-17(4-2)20(26)24-16-11-6-10-15(21)19(16)22/h5-6,8-12,17H,3-4,7H2,1-2H3,(H,23,25)(H,24,26). The number of nitrogens with one attached hydrogen (secondary N) is 2. The Hall–Kier alpha value is -1.69. The first-order valence-corrected chi connectivity index (χ1v) is 10.4. The number of amides is 2. The molecular weight excluding hydrogens is 403 g/mol. The average molecular weight is 425 g/mol. The first-order chi connectivity index (χ1) is 12.9. The minimum Gasteiger partial charge on any atom is -0.326 e. The highest BCUT2D eigenvalue weighted by molar-refractivity contribution is 8.00. The molecule has 2 aromatic rings. The van der Waals surface area contributed by atoms with Crippen molar-refractivity contribution in [2.24, 2.45) is 0 Å². The molecule has 0 radical (unpaired) electrons. The van der Waals surface area contributed by atoms with E-state index >= 15 is 0 Å². The number of carbonyl (C=O) groups excluding carboxylic acids is 2. The molecule has 4 nitrogen and oxygen atoms in total. The maximum Gasteiger partial charge on any atom is 0.237 e. The van der Waals surface area contributed by atoms with Gasteiger partial charge >= 0.3 is 0 Å². The lowest BCUT2D eigenvalue weighted by atomic mass is 10.2. The van der Waals surface area contributed by atoms with Crippen LogP contribution in [0.1, 0.15) is 33.1 Å². The Morgan fingerprint density at radius 2 is 1.81 bits per heavy atom. The van der Waals surface area contributed by atoms with E-state index in [-0.39, 0.29) is 17.1 Å². The lowest BCUT2D eigenvalue weighted by molar-refractivity contribution is -0.116. The van der Waals surface area contributed by atoms with Crippen LogP contribution in [0.2, 0.25) is 10.0 Å². The van der Waals surface area contributed by atoms with Gasteiger partial charge in [-0.3, -0.25) is 9.59 Å². The van der Waals surface area contributed by atoms with Crippen LogP contribution >= 0.6 is 35.0 Å². The van der Waals surface area contributed by atoms with Gasteiger partial charge in [-0.2, -0.15) is 0 Å². The minimum atomic E-state index is -0.304. The van der Waals surface area contributed by atoms with Crippen LogP contribution in [0, 0.1) is 0 Å². The Balaban J connectivity index is 2.06. The van der Waals surface area contributed by atoms with Crippen molar-refractivity contribution < 1.29 is 9.59 Å². The molecule has 0 spiro atoms. The van der Waals surface area contributed by atoms with Gasteiger partial charge in [0.1, 0.15) is 0 Å². The Morgan fingerprint density at radius 1 is 1.07 bits per heavy atom. The van der Waals surface area contributed by atoms with E-state index in [1.165, 1.54) is 11.8 Å².